The van der Waals surface area contributed by atoms with Crippen molar-refractivity contribution in [2.45, 2.75) is 45.6 Å². The number of hydrogen-bond acceptors (Lipinski definition) is 4. The van der Waals surface area contributed by atoms with E-state index in [2.05, 4.69) is 5.32 Å². The van der Waals surface area contributed by atoms with Crippen LogP contribution < -0.4 is 10.1 Å². The third-order valence-corrected chi connectivity index (χ3v) is 5.13. The first-order valence-corrected chi connectivity index (χ1v) is 9.40. The van der Waals surface area contributed by atoms with Crippen LogP contribution in [0.2, 0.25) is 0 Å². The number of amides is 2. The number of piperidine rings is 1. The Bertz CT molecular complexity index is 726. The fourth-order valence-electron chi connectivity index (χ4n) is 3.54. The molecule has 1 heterocycles. The molecule has 0 unspecified atom stereocenters. The summed E-state index contributed by atoms with van der Waals surface area (Å²) in [7, 11) is 0. The summed E-state index contributed by atoms with van der Waals surface area (Å²) in [6, 6.07) is 3.49. The molecule has 2 amide bonds. The number of nitrogens with one attached hydrogen (secondary N) is 1. The average molecular weight is 374 g/mol. The maximum atomic E-state index is 12.6. The van der Waals surface area contributed by atoms with Gasteiger partial charge in [-0.25, -0.2) is 4.79 Å². The van der Waals surface area contributed by atoms with Crippen LogP contribution in [0.3, 0.4) is 0 Å². The van der Waals surface area contributed by atoms with Crippen LogP contribution in [0.5, 0.6) is 5.75 Å². The molecule has 2 N–H and O–H groups in total. The van der Waals surface area contributed by atoms with Gasteiger partial charge in [0.1, 0.15) is 5.75 Å². The van der Waals surface area contributed by atoms with Gasteiger partial charge in [0.15, 0.2) is 6.61 Å². The summed E-state index contributed by atoms with van der Waals surface area (Å²) >= 11 is 0. The summed E-state index contributed by atoms with van der Waals surface area (Å²) in [6.07, 6.45) is 3.56. The van der Waals surface area contributed by atoms with Gasteiger partial charge >= 0.3 is 5.97 Å². The zero-order chi connectivity index (χ0) is 19.6. The van der Waals surface area contributed by atoms with Gasteiger partial charge in [-0.15, -0.1) is 0 Å². The molecule has 0 radical (unpaired) electrons. The quantitative estimate of drug-likeness (QED) is 0.793. The number of nitrogens with zero attached hydrogens (tertiary/aromatic N) is 1. The minimum absolute atomic E-state index is 0.0595. The molecule has 0 aromatic heterocycles. The molecule has 0 bridgehead atoms. The highest BCUT2D eigenvalue weighted by atomic mass is 16.5. The highest BCUT2D eigenvalue weighted by molar-refractivity contribution is 5.95. The highest BCUT2D eigenvalue weighted by Gasteiger charge is 2.35. The number of likely N-dealkylation sites (tertiary alicyclic amines) is 1. The minimum atomic E-state index is -1.04. The topological polar surface area (TPSA) is 95.9 Å². The molecule has 2 fully saturated rings. The molecular formula is C20H26N2O5. The number of aryl methyl sites for hydroxylation is 2. The molecule has 1 aromatic carbocycles. The molecule has 0 atom stereocenters. The van der Waals surface area contributed by atoms with Gasteiger partial charge in [0, 0.05) is 30.6 Å². The third kappa shape index (κ3) is 4.78. The van der Waals surface area contributed by atoms with Gasteiger partial charge in [-0.05, 0) is 62.8 Å². The van der Waals surface area contributed by atoms with Crippen molar-refractivity contribution >= 4 is 17.8 Å². The first-order chi connectivity index (χ1) is 12.8. The average Bonchev–Trinajstić information content (AvgIpc) is 3.45. The van der Waals surface area contributed by atoms with E-state index in [0.717, 1.165) is 36.8 Å². The van der Waals surface area contributed by atoms with Gasteiger partial charge in [-0.2, -0.15) is 0 Å². The second kappa shape index (κ2) is 7.98. The Kier molecular flexibility index (Phi) is 5.68. The Balaban J connectivity index is 1.56. The van der Waals surface area contributed by atoms with E-state index >= 15 is 0 Å². The largest absolute Gasteiger partial charge is 0.481 e. The van der Waals surface area contributed by atoms with Crippen LogP contribution in [0.25, 0.3) is 0 Å². The van der Waals surface area contributed by atoms with E-state index in [1.807, 2.05) is 4.90 Å². The third-order valence-electron chi connectivity index (χ3n) is 5.13. The summed E-state index contributed by atoms with van der Waals surface area (Å²) in [5.74, 6) is -0.187. The van der Waals surface area contributed by atoms with Crippen LogP contribution in [-0.2, 0) is 9.59 Å². The highest BCUT2D eigenvalue weighted by Crippen LogP contribution is 2.32. The van der Waals surface area contributed by atoms with Gasteiger partial charge in [0.05, 0.1) is 0 Å². The zero-order valence-electron chi connectivity index (χ0n) is 15.8. The normalized spacial score (nSPS) is 17.5. The number of hydrogen-bond donors (Lipinski definition) is 2. The molecule has 7 heteroatoms. The Morgan fingerprint density at radius 3 is 2.22 bits per heavy atom. The minimum Gasteiger partial charge on any atom is -0.481 e. The Labute approximate surface area is 158 Å². The second-order valence-electron chi connectivity index (χ2n) is 7.47. The van der Waals surface area contributed by atoms with Crippen molar-refractivity contribution in [3.05, 3.63) is 28.8 Å². The summed E-state index contributed by atoms with van der Waals surface area (Å²) in [5, 5.41) is 11.8. The van der Waals surface area contributed by atoms with Crippen LogP contribution in [0, 0.1) is 19.8 Å². The number of benzene rings is 1. The lowest BCUT2D eigenvalue weighted by Crippen LogP contribution is -2.47. The SMILES string of the molecule is Cc1cc(C(=O)NC2CCN(C(=O)C3CC3)CC2)cc(C)c1OCC(=O)O. The van der Waals surface area contributed by atoms with E-state index in [1.54, 1.807) is 26.0 Å². The standard InChI is InChI=1S/C20H26N2O5/c1-12-9-15(10-13(2)18(12)27-11-17(23)24)19(25)21-16-5-7-22(8-6-16)20(26)14-3-4-14/h9-10,14,16H,3-8,11H2,1-2H3,(H,21,25)(H,23,24). The van der Waals surface area contributed by atoms with E-state index in [-0.39, 0.29) is 23.8 Å². The van der Waals surface area contributed by atoms with Crippen molar-refractivity contribution < 1.29 is 24.2 Å². The van der Waals surface area contributed by atoms with E-state index in [0.29, 0.717) is 24.4 Å². The molecule has 1 saturated carbocycles. The van der Waals surface area contributed by atoms with Crippen molar-refractivity contribution in [1.29, 1.82) is 0 Å². The number of aliphatic carboxylic acids is 1. The van der Waals surface area contributed by atoms with Gasteiger partial charge in [0.25, 0.3) is 5.91 Å². The fourth-order valence-corrected chi connectivity index (χ4v) is 3.54. The molecule has 3 rings (SSSR count). The first-order valence-electron chi connectivity index (χ1n) is 9.40. The number of rotatable bonds is 6. The fraction of sp³-hybridized carbons (Fsp3) is 0.550. The van der Waals surface area contributed by atoms with E-state index < -0.39 is 12.6 Å². The molecule has 1 aromatic rings. The molecule has 2 aliphatic rings. The Morgan fingerprint density at radius 1 is 1.11 bits per heavy atom. The Morgan fingerprint density at radius 2 is 1.70 bits per heavy atom. The van der Waals surface area contributed by atoms with Gasteiger partial charge in [-0.3, -0.25) is 9.59 Å². The number of carbonyl (C=O) groups excluding carboxylic acids is 2. The van der Waals surface area contributed by atoms with Crippen molar-refractivity contribution in [2.24, 2.45) is 5.92 Å². The molecule has 27 heavy (non-hydrogen) atoms. The van der Waals surface area contributed by atoms with Gasteiger partial charge in [-0.1, -0.05) is 0 Å². The van der Waals surface area contributed by atoms with Crippen molar-refractivity contribution in [1.82, 2.24) is 10.2 Å². The van der Waals surface area contributed by atoms with Crippen LogP contribution in [0.1, 0.15) is 47.2 Å². The van der Waals surface area contributed by atoms with Crippen molar-refractivity contribution in [3.8, 4) is 5.75 Å². The van der Waals surface area contributed by atoms with Gasteiger partial charge in [0.2, 0.25) is 5.91 Å². The molecule has 1 saturated heterocycles. The van der Waals surface area contributed by atoms with Crippen LogP contribution in [0.4, 0.5) is 0 Å². The molecule has 0 spiro atoms. The maximum Gasteiger partial charge on any atom is 0.341 e. The van der Waals surface area contributed by atoms with Gasteiger partial charge < -0.3 is 20.1 Å². The summed E-state index contributed by atoms with van der Waals surface area (Å²) in [5.41, 5.74) is 1.99. The van der Waals surface area contributed by atoms with E-state index in [4.69, 9.17) is 9.84 Å². The summed E-state index contributed by atoms with van der Waals surface area (Å²) in [4.78, 5) is 37.3. The molecule has 1 aliphatic heterocycles. The molecule has 146 valence electrons. The van der Waals surface area contributed by atoms with Crippen molar-refractivity contribution in [3.63, 3.8) is 0 Å². The maximum absolute atomic E-state index is 12.6. The number of carbonyl (C=O) groups is 3. The first kappa shape index (κ1) is 19.2. The van der Waals surface area contributed by atoms with Crippen LogP contribution in [-0.4, -0.2) is 53.5 Å². The van der Waals surface area contributed by atoms with E-state index in [9.17, 15) is 14.4 Å². The lowest BCUT2D eigenvalue weighted by molar-refractivity contribution is -0.139. The van der Waals surface area contributed by atoms with Crippen LogP contribution >= 0.6 is 0 Å². The molecular weight excluding hydrogens is 348 g/mol. The Hall–Kier alpha value is -2.57. The number of carboxylic acid groups (broad SMARTS) is 1. The lowest BCUT2D eigenvalue weighted by atomic mass is 10.0. The van der Waals surface area contributed by atoms with Crippen LogP contribution in [0.15, 0.2) is 12.1 Å². The zero-order valence-corrected chi connectivity index (χ0v) is 15.8. The second-order valence-corrected chi connectivity index (χ2v) is 7.47. The smallest absolute Gasteiger partial charge is 0.341 e. The number of ether oxygens (including phenoxy) is 1. The van der Waals surface area contributed by atoms with Crippen molar-refractivity contribution in [2.75, 3.05) is 19.7 Å². The van der Waals surface area contributed by atoms with E-state index in [1.165, 1.54) is 0 Å². The lowest BCUT2D eigenvalue weighted by Gasteiger charge is -2.32. The summed E-state index contributed by atoms with van der Waals surface area (Å²) in [6.45, 7) is 4.57. The predicted octanol–water partition coefficient (Wildman–Crippen LogP) is 1.90. The monoisotopic (exact) mass is 374 g/mol. The molecule has 7 nitrogen and oxygen atoms in total. The summed E-state index contributed by atoms with van der Waals surface area (Å²) < 4.78 is 5.30. The number of carboxylic acids is 1. The molecule has 1 aliphatic carbocycles. The predicted molar refractivity (Wildman–Crippen MR) is 98.8 cm³/mol.